The summed E-state index contributed by atoms with van der Waals surface area (Å²) in [5.41, 5.74) is 1.10. The van der Waals surface area contributed by atoms with E-state index in [-0.39, 0.29) is 0 Å². The van der Waals surface area contributed by atoms with Crippen molar-refractivity contribution < 1.29 is 0 Å². The lowest BCUT2D eigenvalue weighted by atomic mass is 10.0. The van der Waals surface area contributed by atoms with Gasteiger partial charge in [-0.2, -0.15) is 0 Å². The Morgan fingerprint density at radius 3 is 2.71 bits per heavy atom. The van der Waals surface area contributed by atoms with E-state index >= 15 is 0 Å². The second kappa shape index (κ2) is 5.47. The maximum Gasteiger partial charge on any atom is 0.0717 e. The lowest BCUT2D eigenvalue weighted by Crippen LogP contribution is -2.26. The van der Waals surface area contributed by atoms with Crippen molar-refractivity contribution in [2.24, 2.45) is 5.92 Å². The summed E-state index contributed by atoms with van der Waals surface area (Å²) in [4.78, 5) is 4.41. The van der Waals surface area contributed by atoms with Crippen molar-refractivity contribution in [2.75, 3.05) is 6.54 Å². The summed E-state index contributed by atoms with van der Waals surface area (Å²) in [6.07, 6.45) is 1.84. The molecule has 0 aliphatic rings. The lowest BCUT2D eigenvalue weighted by Gasteiger charge is -2.22. The average Bonchev–Trinajstić information content (AvgIpc) is 2.15. The van der Waals surface area contributed by atoms with Gasteiger partial charge < -0.3 is 5.32 Å². The number of nitrogens with one attached hydrogen (secondary N) is 1. The van der Waals surface area contributed by atoms with Crippen molar-refractivity contribution in [3.63, 3.8) is 0 Å². The molecule has 1 N–H and O–H groups in total. The number of rotatable bonds is 4. The Labute approximate surface area is 94.3 Å². The van der Waals surface area contributed by atoms with Crippen LogP contribution in [0.2, 0.25) is 0 Å². The minimum Gasteiger partial charge on any atom is -0.309 e. The fourth-order valence-corrected chi connectivity index (χ4v) is 2.00. The maximum absolute atomic E-state index is 4.41. The summed E-state index contributed by atoms with van der Waals surface area (Å²) in [5, 5.41) is 3.45. The summed E-state index contributed by atoms with van der Waals surface area (Å²) in [7, 11) is 0. The Balaban J connectivity index is 2.93. The standard InChI is InChI=1S/C11H17BrN2/c1-4-13-10(8(2)3)11-9(12)6-5-7-14-11/h5-8,10,13H,4H2,1-3H3. The molecule has 0 saturated heterocycles. The van der Waals surface area contributed by atoms with Crippen LogP contribution in [0.3, 0.4) is 0 Å². The van der Waals surface area contributed by atoms with Crippen LogP contribution in [0.25, 0.3) is 0 Å². The Morgan fingerprint density at radius 2 is 2.21 bits per heavy atom. The molecular formula is C11H17BrN2. The predicted molar refractivity (Wildman–Crippen MR) is 63.2 cm³/mol. The normalized spacial score (nSPS) is 13.2. The minimum absolute atomic E-state index is 0.329. The fraction of sp³-hybridized carbons (Fsp3) is 0.545. The van der Waals surface area contributed by atoms with Gasteiger partial charge in [0.05, 0.1) is 11.7 Å². The van der Waals surface area contributed by atoms with Crippen LogP contribution in [-0.4, -0.2) is 11.5 Å². The van der Waals surface area contributed by atoms with E-state index in [2.05, 4.69) is 47.0 Å². The van der Waals surface area contributed by atoms with Crippen molar-refractivity contribution in [1.82, 2.24) is 10.3 Å². The van der Waals surface area contributed by atoms with Gasteiger partial charge in [0, 0.05) is 10.7 Å². The molecule has 1 heterocycles. The molecule has 3 heteroatoms. The van der Waals surface area contributed by atoms with E-state index in [1.54, 1.807) is 0 Å². The van der Waals surface area contributed by atoms with Gasteiger partial charge in [-0.25, -0.2) is 0 Å². The zero-order chi connectivity index (χ0) is 10.6. The molecule has 1 atom stereocenters. The molecule has 0 aliphatic heterocycles. The van der Waals surface area contributed by atoms with Crippen LogP contribution in [0.15, 0.2) is 22.8 Å². The number of hydrogen-bond donors (Lipinski definition) is 1. The van der Waals surface area contributed by atoms with E-state index in [0.717, 1.165) is 16.7 Å². The van der Waals surface area contributed by atoms with Crippen LogP contribution in [0, 0.1) is 5.92 Å². The first kappa shape index (κ1) is 11.7. The molecule has 0 spiro atoms. The molecule has 14 heavy (non-hydrogen) atoms. The SMILES string of the molecule is CCNC(c1ncccc1Br)C(C)C. The maximum atomic E-state index is 4.41. The Kier molecular flexibility index (Phi) is 4.55. The molecule has 78 valence electrons. The highest BCUT2D eigenvalue weighted by Crippen LogP contribution is 2.25. The Hall–Kier alpha value is -0.410. The van der Waals surface area contributed by atoms with Gasteiger partial charge in [0.15, 0.2) is 0 Å². The molecule has 0 fully saturated rings. The zero-order valence-electron chi connectivity index (χ0n) is 8.92. The molecule has 0 saturated carbocycles. The fourth-order valence-electron chi connectivity index (χ4n) is 1.49. The molecule has 0 radical (unpaired) electrons. The van der Waals surface area contributed by atoms with Crippen molar-refractivity contribution in [3.8, 4) is 0 Å². The third-order valence-electron chi connectivity index (χ3n) is 2.17. The minimum atomic E-state index is 0.329. The molecule has 1 aromatic heterocycles. The largest absolute Gasteiger partial charge is 0.309 e. The molecule has 0 bridgehead atoms. The third-order valence-corrected chi connectivity index (χ3v) is 2.84. The topological polar surface area (TPSA) is 24.9 Å². The molecule has 0 amide bonds. The van der Waals surface area contributed by atoms with Gasteiger partial charge in [0.25, 0.3) is 0 Å². The van der Waals surface area contributed by atoms with Crippen LogP contribution in [0.1, 0.15) is 32.5 Å². The highest BCUT2D eigenvalue weighted by molar-refractivity contribution is 9.10. The van der Waals surface area contributed by atoms with Gasteiger partial charge in [0.1, 0.15) is 0 Å². The van der Waals surface area contributed by atoms with Crippen molar-refractivity contribution >= 4 is 15.9 Å². The van der Waals surface area contributed by atoms with E-state index in [1.165, 1.54) is 0 Å². The summed E-state index contributed by atoms with van der Waals surface area (Å²) >= 11 is 3.53. The zero-order valence-corrected chi connectivity index (χ0v) is 10.5. The second-order valence-corrected chi connectivity index (χ2v) is 4.50. The van der Waals surface area contributed by atoms with Gasteiger partial charge in [-0.05, 0) is 40.5 Å². The highest BCUT2D eigenvalue weighted by Gasteiger charge is 2.17. The second-order valence-electron chi connectivity index (χ2n) is 3.65. The molecule has 0 aromatic carbocycles. The van der Waals surface area contributed by atoms with Crippen molar-refractivity contribution in [3.05, 3.63) is 28.5 Å². The first-order valence-corrected chi connectivity index (χ1v) is 5.80. The Morgan fingerprint density at radius 1 is 1.50 bits per heavy atom. The monoisotopic (exact) mass is 256 g/mol. The third kappa shape index (κ3) is 2.79. The molecule has 0 aliphatic carbocycles. The number of pyridine rings is 1. The number of hydrogen-bond acceptors (Lipinski definition) is 2. The molecule has 1 unspecified atom stereocenters. The van der Waals surface area contributed by atoms with Crippen LogP contribution >= 0.6 is 15.9 Å². The summed E-state index contributed by atoms with van der Waals surface area (Å²) in [6.45, 7) is 7.49. The van der Waals surface area contributed by atoms with Gasteiger partial charge in [0.2, 0.25) is 0 Å². The van der Waals surface area contributed by atoms with E-state index < -0.39 is 0 Å². The van der Waals surface area contributed by atoms with Crippen LogP contribution < -0.4 is 5.32 Å². The molecule has 2 nitrogen and oxygen atoms in total. The quantitative estimate of drug-likeness (QED) is 0.896. The van der Waals surface area contributed by atoms with E-state index in [9.17, 15) is 0 Å². The number of aromatic nitrogens is 1. The van der Waals surface area contributed by atoms with Crippen molar-refractivity contribution in [2.45, 2.75) is 26.8 Å². The summed E-state index contributed by atoms with van der Waals surface area (Å²) in [6, 6.07) is 4.31. The van der Waals surface area contributed by atoms with Crippen LogP contribution in [0.5, 0.6) is 0 Å². The first-order chi connectivity index (χ1) is 6.66. The number of nitrogens with zero attached hydrogens (tertiary/aromatic N) is 1. The number of halogens is 1. The smallest absolute Gasteiger partial charge is 0.0717 e. The van der Waals surface area contributed by atoms with Gasteiger partial charge >= 0.3 is 0 Å². The molecule has 1 rings (SSSR count). The van der Waals surface area contributed by atoms with Crippen LogP contribution in [0.4, 0.5) is 0 Å². The average molecular weight is 257 g/mol. The van der Waals surface area contributed by atoms with E-state index in [0.29, 0.717) is 12.0 Å². The van der Waals surface area contributed by atoms with Crippen molar-refractivity contribution in [1.29, 1.82) is 0 Å². The highest BCUT2D eigenvalue weighted by atomic mass is 79.9. The summed E-state index contributed by atoms with van der Waals surface area (Å²) < 4.78 is 1.08. The van der Waals surface area contributed by atoms with E-state index in [1.807, 2.05) is 18.3 Å². The first-order valence-electron chi connectivity index (χ1n) is 5.00. The predicted octanol–water partition coefficient (Wildman–Crippen LogP) is 3.15. The van der Waals surface area contributed by atoms with Gasteiger partial charge in [-0.3, -0.25) is 4.98 Å². The van der Waals surface area contributed by atoms with Crippen LogP contribution in [-0.2, 0) is 0 Å². The Bertz CT molecular complexity index is 286. The van der Waals surface area contributed by atoms with E-state index in [4.69, 9.17) is 0 Å². The van der Waals surface area contributed by atoms with Gasteiger partial charge in [-0.15, -0.1) is 0 Å². The van der Waals surface area contributed by atoms with Gasteiger partial charge in [-0.1, -0.05) is 20.8 Å². The summed E-state index contributed by atoms with van der Waals surface area (Å²) in [5.74, 6) is 0.543. The lowest BCUT2D eigenvalue weighted by molar-refractivity contribution is 0.411. The molecular weight excluding hydrogens is 240 g/mol. The molecule has 1 aromatic rings.